The second kappa shape index (κ2) is 14.4. The molecule has 1 unspecified atom stereocenters. The van der Waals surface area contributed by atoms with Crippen LogP contribution in [0.3, 0.4) is 0 Å². The van der Waals surface area contributed by atoms with E-state index >= 15 is 0 Å². The SMILES string of the molecule is COc1ccc(-c2oc3c(CC=C(C)C)c(O[C@@H]4OC(CO)[C@@H](O)[C@H](O)[C@H]4O)cc(O)c3c(=O)c2O[C@@H]2O[C@@H](C)[C@H](O)[C@@H](O)[C@H]2O)cc1. The number of phenolic OH excluding ortho intramolecular Hbond substituents is 1. The standard InChI is InChI=1S/C33H40O15/c1-13(2)5-10-17-19(45-33-28(42)26(40)23(37)20(12-34)46-33)11-18(35)21-24(38)31(48-32-27(41)25(39)22(36)14(3)44-32)29(47-30(17)21)15-6-8-16(43-4)9-7-15/h5-9,11,14,20,22-23,25-28,32-37,39-42H,10,12H2,1-4H3/t14-,20?,22-,23+,25+,26-,27+,28+,32-,33+/m0/s1. The van der Waals surface area contributed by atoms with Crippen molar-refractivity contribution in [2.45, 2.75) is 88.6 Å². The monoisotopic (exact) mass is 676 g/mol. The summed E-state index contributed by atoms with van der Waals surface area (Å²) in [6, 6.07) is 7.41. The number of rotatable bonds is 9. The Morgan fingerprint density at radius 3 is 2.10 bits per heavy atom. The Balaban J connectivity index is 1.71. The van der Waals surface area contributed by atoms with Crippen LogP contribution >= 0.6 is 0 Å². The fourth-order valence-corrected chi connectivity index (χ4v) is 5.52. The van der Waals surface area contributed by atoms with Crippen LogP contribution in [0.4, 0.5) is 0 Å². The zero-order valence-corrected chi connectivity index (χ0v) is 26.6. The highest BCUT2D eigenvalue weighted by Crippen LogP contribution is 2.41. The first kappa shape index (κ1) is 35.5. The van der Waals surface area contributed by atoms with E-state index in [1.807, 2.05) is 13.8 Å². The number of hydrogen-bond donors (Lipinski definition) is 8. The summed E-state index contributed by atoms with van der Waals surface area (Å²) >= 11 is 0. The van der Waals surface area contributed by atoms with Crippen LogP contribution in [0.2, 0.25) is 0 Å². The van der Waals surface area contributed by atoms with Crippen molar-refractivity contribution in [3.8, 4) is 34.3 Å². The Bertz CT molecular complexity index is 1680. The average molecular weight is 677 g/mol. The number of methoxy groups -OCH3 is 1. The van der Waals surface area contributed by atoms with Crippen molar-refractivity contribution in [2.24, 2.45) is 0 Å². The molecule has 10 atom stereocenters. The van der Waals surface area contributed by atoms with Gasteiger partial charge in [0.2, 0.25) is 23.8 Å². The summed E-state index contributed by atoms with van der Waals surface area (Å²) in [5, 5.41) is 82.9. The molecule has 0 amide bonds. The first-order valence-corrected chi connectivity index (χ1v) is 15.2. The lowest BCUT2D eigenvalue weighted by Gasteiger charge is -2.39. The molecule has 48 heavy (non-hydrogen) atoms. The van der Waals surface area contributed by atoms with Gasteiger partial charge in [0, 0.05) is 17.2 Å². The number of allylic oxidation sites excluding steroid dienone is 2. The van der Waals surface area contributed by atoms with Gasteiger partial charge in [-0.3, -0.25) is 4.79 Å². The normalized spacial score (nSPS) is 30.6. The molecule has 15 nitrogen and oxygen atoms in total. The van der Waals surface area contributed by atoms with Gasteiger partial charge in [-0.25, -0.2) is 0 Å². The van der Waals surface area contributed by atoms with Gasteiger partial charge in [-0.05, 0) is 51.5 Å². The maximum absolute atomic E-state index is 14.3. The van der Waals surface area contributed by atoms with E-state index < -0.39 is 84.9 Å². The van der Waals surface area contributed by atoms with Gasteiger partial charge in [0.1, 0.15) is 70.9 Å². The quantitative estimate of drug-likeness (QED) is 0.140. The number of aliphatic hydroxyl groups is 7. The molecule has 1 aromatic heterocycles. The predicted molar refractivity (Wildman–Crippen MR) is 167 cm³/mol. The second-order valence-electron chi connectivity index (χ2n) is 12.0. The Hall–Kier alpha value is -3.77. The molecule has 3 heterocycles. The molecule has 0 spiro atoms. The van der Waals surface area contributed by atoms with E-state index in [4.69, 9.17) is 28.1 Å². The van der Waals surface area contributed by atoms with Crippen molar-refractivity contribution in [3.05, 3.63) is 57.8 Å². The van der Waals surface area contributed by atoms with Gasteiger partial charge in [0.05, 0.1) is 19.8 Å². The summed E-state index contributed by atoms with van der Waals surface area (Å²) in [6.45, 7) is 4.40. The first-order chi connectivity index (χ1) is 22.8. The third kappa shape index (κ3) is 6.74. The number of ether oxygens (including phenoxy) is 5. The molecule has 2 aliphatic rings. The molecule has 0 saturated carbocycles. The minimum absolute atomic E-state index is 0.0725. The first-order valence-electron chi connectivity index (χ1n) is 15.2. The summed E-state index contributed by atoms with van der Waals surface area (Å²) < 4.78 is 34.5. The van der Waals surface area contributed by atoms with Crippen molar-refractivity contribution in [1.82, 2.24) is 0 Å². The molecular weight excluding hydrogens is 636 g/mol. The maximum Gasteiger partial charge on any atom is 0.239 e. The number of fused-ring (bicyclic) bond motifs is 1. The summed E-state index contributed by atoms with van der Waals surface area (Å²) in [6.07, 6.45) is -13.7. The highest BCUT2D eigenvalue weighted by molar-refractivity contribution is 5.91. The molecule has 8 N–H and O–H groups in total. The van der Waals surface area contributed by atoms with Crippen LogP contribution in [0.1, 0.15) is 26.3 Å². The van der Waals surface area contributed by atoms with Crippen LogP contribution in [-0.2, 0) is 15.9 Å². The largest absolute Gasteiger partial charge is 0.507 e. The average Bonchev–Trinajstić information content (AvgIpc) is 3.06. The van der Waals surface area contributed by atoms with Gasteiger partial charge in [-0.15, -0.1) is 0 Å². The molecule has 2 saturated heterocycles. The lowest BCUT2D eigenvalue weighted by Crippen LogP contribution is -2.60. The van der Waals surface area contributed by atoms with E-state index in [2.05, 4.69) is 0 Å². The van der Waals surface area contributed by atoms with Crippen molar-refractivity contribution >= 4 is 11.0 Å². The van der Waals surface area contributed by atoms with Gasteiger partial charge in [-0.1, -0.05) is 11.6 Å². The van der Waals surface area contributed by atoms with Crippen LogP contribution in [0.5, 0.6) is 23.0 Å². The molecule has 2 aromatic carbocycles. The molecule has 3 aromatic rings. The van der Waals surface area contributed by atoms with Crippen LogP contribution in [0.15, 0.2) is 51.2 Å². The van der Waals surface area contributed by atoms with E-state index in [0.29, 0.717) is 11.3 Å². The fraction of sp³-hybridized carbons (Fsp3) is 0.485. The Labute approximate surface area is 274 Å². The molecule has 0 bridgehead atoms. The molecule has 262 valence electrons. The summed E-state index contributed by atoms with van der Waals surface area (Å²) in [5.74, 6) is -0.922. The highest BCUT2D eigenvalue weighted by atomic mass is 16.7. The van der Waals surface area contributed by atoms with Gasteiger partial charge in [0.25, 0.3) is 0 Å². The Morgan fingerprint density at radius 1 is 0.875 bits per heavy atom. The molecule has 2 aliphatic heterocycles. The van der Waals surface area contributed by atoms with Gasteiger partial charge in [0.15, 0.2) is 5.76 Å². The number of aromatic hydroxyl groups is 1. The van der Waals surface area contributed by atoms with E-state index in [-0.39, 0.29) is 34.5 Å². The van der Waals surface area contributed by atoms with Gasteiger partial charge < -0.3 is 69.0 Å². The number of phenols is 1. The minimum atomic E-state index is -1.77. The van der Waals surface area contributed by atoms with Crippen LogP contribution in [0, 0.1) is 0 Å². The zero-order chi connectivity index (χ0) is 35.0. The molecule has 2 fully saturated rings. The lowest BCUT2D eigenvalue weighted by atomic mass is 9.99. The van der Waals surface area contributed by atoms with Crippen LogP contribution in [0.25, 0.3) is 22.3 Å². The third-order valence-corrected chi connectivity index (χ3v) is 8.37. The second-order valence-corrected chi connectivity index (χ2v) is 12.0. The molecule has 0 radical (unpaired) electrons. The smallest absolute Gasteiger partial charge is 0.239 e. The molecule has 5 rings (SSSR count). The topological polar surface area (TPSA) is 238 Å². The lowest BCUT2D eigenvalue weighted by molar-refractivity contribution is -0.277. The fourth-order valence-electron chi connectivity index (χ4n) is 5.52. The van der Waals surface area contributed by atoms with E-state index in [1.54, 1.807) is 30.3 Å². The van der Waals surface area contributed by atoms with Crippen LogP contribution < -0.4 is 19.6 Å². The minimum Gasteiger partial charge on any atom is -0.507 e. The number of aliphatic hydroxyl groups excluding tert-OH is 7. The Kier molecular flexibility index (Phi) is 10.6. The highest BCUT2D eigenvalue weighted by Gasteiger charge is 2.46. The van der Waals surface area contributed by atoms with Gasteiger partial charge in [-0.2, -0.15) is 0 Å². The van der Waals surface area contributed by atoms with Crippen molar-refractivity contribution < 1.29 is 69.0 Å². The van der Waals surface area contributed by atoms with E-state index in [1.165, 1.54) is 14.0 Å². The molecular formula is C33H40O15. The van der Waals surface area contributed by atoms with E-state index in [9.17, 15) is 45.6 Å². The van der Waals surface area contributed by atoms with E-state index in [0.717, 1.165) is 11.6 Å². The molecule has 15 heteroatoms. The predicted octanol–water partition coefficient (Wildman–Crippen LogP) is 0.0679. The number of hydrogen-bond acceptors (Lipinski definition) is 15. The third-order valence-electron chi connectivity index (χ3n) is 8.37. The summed E-state index contributed by atoms with van der Waals surface area (Å²) in [5.41, 5.74) is 0.341. The maximum atomic E-state index is 14.3. The van der Waals surface area contributed by atoms with Crippen molar-refractivity contribution in [2.75, 3.05) is 13.7 Å². The van der Waals surface area contributed by atoms with Gasteiger partial charge >= 0.3 is 0 Å². The van der Waals surface area contributed by atoms with Crippen molar-refractivity contribution in [1.29, 1.82) is 0 Å². The Morgan fingerprint density at radius 2 is 1.50 bits per heavy atom. The summed E-state index contributed by atoms with van der Waals surface area (Å²) in [7, 11) is 1.47. The van der Waals surface area contributed by atoms with Crippen molar-refractivity contribution in [3.63, 3.8) is 0 Å². The molecule has 0 aliphatic carbocycles. The number of benzene rings is 2. The zero-order valence-electron chi connectivity index (χ0n) is 26.6. The van der Waals surface area contributed by atoms with Crippen LogP contribution in [-0.4, -0.2) is 116 Å². The summed E-state index contributed by atoms with van der Waals surface area (Å²) in [4.78, 5) is 14.3.